The molecular weight excluding hydrogens is 325 g/mol. The van der Waals surface area contributed by atoms with Crippen molar-refractivity contribution in [3.05, 3.63) is 60.2 Å². The number of aliphatic imine (C=N–C) groups is 1. The molecule has 0 fully saturated rings. The molecule has 1 aliphatic rings. The van der Waals surface area contributed by atoms with Gasteiger partial charge < -0.3 is 10.1 Å². The lowest BCUT2D eigenvalue weighted by Crippen LogP contribution is -2.17. The maximum absolute atomic E-state index is 12.1. The average molecular weight is 338 g/mol. The maximum atomic E-state index is 12.1. The summed E-state index contributed by atoms with van der Waals surface area (Å²) in [7, 11) is 0. The normalized spacial score (nSPS) is 17.7. The standard InChI is InChI=1S/C16H13F3N2OS/c17-16(18,19)22-13-8-6-11(7-9-13)14-10-20-15(23-14)21-12-4-2-1-3-5-12/h1-9,14H,10H2,(H,20,21). The molecule has 0 bridgehead atoms. The van der Waals surface area contributed by atoms with Crippen LogP contribution in [0.25, 0.3) is 0 Å². The summed E-state index contributed by atoms with van der Waals surface area (Å²) in [5.41, 5.74) is 1.87. The van der Waals surface area contributed by atoms with Crippen LogP contribution in [0.3, 0.4) is 0 Å². The average Bonchev–Trinajstić information content (AvgIpc) is 2.96. The van der Waals surface area contributed by atoms with Crippen molar-refractivity contribution < 1.29 is 17.9 Å². The molecule has 0 saturated heterocycles. The molecule has 2 aromatic rings. The van der Waals surface area contributed by atoms with E-state index in [1.54, 1.807) is 23.9 Å². The number of nitrogens with one attached hydrogen (secondary N) is 1. The minimum atomic E-state index is -4.67. The van der Waals surface area contributed by atoms with E-state index in [2.05, 4.69) is 15.0 Å². The van der Waals surface area contributed by atoms with E-state index in [1.807, 2.05) is 30.3 Å². The van der Waals surface area contributed by atoms with Gasteiger partial charge in [-0.05, 0) is 29.8 Å². The zero-order chi connectivity index (χ0) is 16.3. The largest absolute Gasteiger partial charge is 0.573 e. The topological polar surface area (TPSA) is 33.6 Å². The van der Waals surface area contributed by atoms with Gasteiger partial charge in [-0.3, -0.25) is 4.99 Å². The number of anilines is 1. The summed E-state index contributed by atoms with van der Waals surface area (Å²) in [6, 6.07) is 15.6. The SMILES string of the molecule is FC(F)(F)Oc1ccc(C2CN=C(Nc3ccccc3)S2)cc1. The zero-order valence-electron chi connectivity index (χ0n) is 11.9. The summed E-state index contributed by atoms with van der Waals surface area (Å²) in [6.07, 6.45) is -4.67. The zero-order valence-corrected chi connectivity index (χ0v) is 12.7. The fourth-order valence-electron chi connectivity index (χ4n) is 2.15. The number of hydrogen-bond acceptors (Lipinski definition) is 4. The summed E-state index contributed by atoms with van der Waals surface area (Å²) in [5, 5.41) is 4.11. The molecule has 0 spiro atoms. The second kappa shape index (κ2) is 6.54. The predicted molar refractivity (Wildman–Crippen MR) is 85.8 cm³/mol. The molecule has 1 aliphatic heterocycles. The Morgan fingerprint density at radius 1 is 1.04 bits per heavy atom. The summed E-state index contributed by atoms with van der Waals surface area (Å²) < 4.78 is 40.3. The molecule has 0 aromatic heterocycles. The van der Waals surface area contributed by atoms with Crippen LogP contribution < -0.4 is 10.1 Å². The van der Waals surface area contributed by atoms with Crippen LogP contribution in [0, 0.1) is 0 Å². The number of rotatable bonds is 3. The Morgan fingerprint density at radius 2 is 1.74 bits per heavy atom. The molecule has 0 amide bonds. The molecule has 23 heavy (non-hydrogen) atoms. The Balaban J connectivity index is 1.59. The van der Waals surface area contributed by atoms with Crippen molar-refractivity contribution in [2.24, 2.45) is 4.99 Å². The second-order valence-electron chi connectivity index (χ2n) is 4.86. The van der Waals surface area contributed by atoms with E-state index in [0.29, 0.717) is 6.54 Å². The van der Waals surface area contributed by atoms with Gasteiger partial charge in [0.05, 0.1) is 11.8 Å². The number of alkyl halides is 3. The van der Waals surface area contributed by atoms with Gasteiger partial charge in [0.15, 0.2) is 5.17 Å². The van der Waals surface area contributed by atoms with E-state index < -0.39 is 6.36 Å². The van der Waals surface area contributed by atoms with Crippen molar-refractivity contribution >= 4 is 22.6 Å². The molecule has 1 heterocycles. The number of benzene rings is 2. The second-order valence-corrected chi connectivity index (χ2v) is 6.05. The third-order valence-corrected chi connectivity index (χ3v) is 4.33. The first-order valence-electron chi connectivity index (χ1n) is 6.88. The highest BCUT2D eigenvalue weighted by molar-refractivity contribution is 8.14. The van der Waals surface area contributed by atoms with Crippen molar-refractivity contribution in [1.29, 1.82) is 0 Å². The lowest BCUT2D eigenvalue weighted by Gasteiger charge is -2.12. The van der Waals surface area contributed by atoms with Crippen LogP contribution in [-0.2, 0) is 0 Å². The number of thioether (sulfide) groups is 1. The first-order valence-corrected chi connectivity index (χ1v) is 7.76. The molecule has 2 aromatic carbocycles. The summed E-state index contributed by atoms with van der Waals surface area (Å²) in [5.74, 6) is -0.215. The lowest BCUT2D eigenvalue weighted by molar-refractivity contribution is -0.274. The van der Waals surface area contributed by atoms with Gasteiger partial charge in [0.25, 0.3) is 0 Å². The number of ether oxygens (including phenoxy) is 1. The number of amidine groups is 1. The van der Waals surface area contributed by atoms with E-state index in [-0.39, 0.29) is 11.0 Å². The number of hydrogen-bond donors (Lipinski definition) is 1. The smallest absolute Gasteiger partial charge is 0.406 e. The van der Waals surface area contributed by atoms with Crippen molar-refractivity contribution in [3.63, 3.8) is 0 Å². The van der Waals surface area contributed by atoms with Crippen LogP contribution in [0.1, 0.15) is 10.8 Å². The minimum absolute atomic E-state index is 0.0844. The summed E-state index contributed by atoms with van der Waals surface area (Å²) >= 11 is 1.55. The summed E-state index contributed by atoms with van der Waals surface area (Å²) in [6.45, 7) is 0.583. The van der Waals surface area contributed by atoms with Crippen LogP contribution in [-0.4, -0.2) is 18.1 Å². The highest BCUT2D eigenvalue weighted by Gasteiger charge is 2.31. The quantitative estimate of drug-likeness (QED) is 0.869. The van der Waals surface area contributed by atoms with Crippen LogP contribution in [0.2, 0.25) is 0 Å². The Kier molecular flexibility index (Phi) is 4.47. The number of halogens is 3. The van der Waals surface area contributed by atoms with Gasteiger partial charge in [-0.25, -0.2) is 0 Å². The molecule has 3 rings (SSSR count). The predicted octanol–water partition coefficient (Wildman–Crippen LogP) is 4.84. The molecule has 1 atom stereocenters. The Labute approximate surface area is 135 Å². The monoisotopic (exact) mass is 338 g/mol. The molecule has 120 valence electrons. The molecule has 0 aliphatic carbocycles. The van der Waals surface area contributed by atoms with Gasteiger partial charge in [-0.2, -0.15) is 0 Å². The Hall–Kier alpha value is -2.15. The van der Waals surface area contributed by atoms with Crippen molar-refractivity contribution in [2.75, 3.05) is 11.9 Å². The highest BCUT2D eigenvalue weighted by atomic mass is 32.2. The van der Waals surface area contributed by atoms with Crippen LogP contribution in [0.15, 0.2) is 59.6 Å². The van der Waals surface area contributed by atoms with Crippen LogP contribution in [0.4, 0.5) is 18.9 Å². The Morgan fingerprint density at radius 3 is 2.39 bits per heavy atom. The van der Waals surface area contributed by atoms with Crippen molar-refractivity contribution in [2.45, 2.75) is 11.6 Å². The van der Waals surface area contributed by atoms with Gasteiger partial charge in [0, 0.05) is 5.69 Å². The third-order valence-electron chi connectivity index (χ3n) is 3.17. The van der Waals surface area contributed by atoms with Crippen molar-refractivity contribution in [3.8, 4) is 5.75 Å². The maximum Gasteiger partial charge on any atom is 0.573 e. The van der Waals surface area contributed by atoms with Crippen LogP contribution >= 0.6 is 11.8 Å². The number of para-hydroxylation sites is 1. The molecule has 1 N–H and O–H groups in total. The fraction of sp³-hybridized carbons (Fsp3) is 0.188. The van der Waals surface area contributed by atoms with E-state index in [0.717, 1.165) is 16.4 Å². The first kappa shape index (κ1) is 15.7. The van der Waals surface area contributed by atoms with Gasteiger partial charge in [-0.1, -0.05) is 42.1 Å². The van der Waals surface area contributed by atoms with Gasteiger partial charge in [0.2, 0.25) is 0 Å². The Bertz CT molecular complexity index is 687. The highest BCUT2D eigenvalue weighted by Crippen LogP contribution is 2.36. The van der Waals surface area contributed by atoms with E-state index >= 15 is 0 Å². The van der Waals surface area contributed by atoms with Gasteiger partial charge >= 0.3 is 6.36 Å². The lowest BCUT2D eigenvalue weighted by atomic mass is 10.1. The molecule has 0 saturated carbocycles. The van der Waals surface area contributed by atoms with Crippen molar-refractivity contribution in [1.82, 2.24) is 0 Å². The molecule has 1 unspecified atom stereocenters. The molecular formula is C16H13F3N2OS. The van der Waals surface area contributed by atoms with E-state index in [4.69, 9.17) is 0 Å². The third kappa shape index (κ3) is 4.41. The summed E-state index contributed by atoms with van der Waals surface area (Å²) in [4.78, 5) is 4.43. The van der Waals surface area contributed by atoms with Gasteiger partial charge in [-0.15, -0.1) is 13.2 Å². The first-order chi connectivity index (χ1) is 11.0. The molecule has 3 nitrogen and oxygen atoms in total. The number of nitrogens with zero attached hydrogens (tertiary/aromatic N) is 1. The van der Waals surface area contributed by atoms with Gasteiger partial charge in [0.1, 0.15) is 5.75 Å². The molecule has 7 heteroatoms. The molecule has 0 radical (unpaired) electrons. The fourth-order valence-corrected chi connectivity index (χ4v) is 3.18. The van der Waals surface area contributed by atoms with E-state index in [1.165, 1.54) is 12.1 Å². The van der Waals surface area contributed by atoms with Crippen LogP contribution in [0.5, 0.6) is 5.75 Å². The minimum Gasteiger partial charge on any atom is -0.406 e. The van der Waals surface area contributed by atoms with E-state index in [9.17, 15) is 13.2 Å².